The largest absolute Gasteiger partial charge is 0.462 e. The van der Waals surface area contributed by atoms with Gasteiger partial charge in [-0.2, -0.15) is 11.8 Å². The molecule has 2 aromatic rings. The first-order chi connectivity index (χ1) is 13.0. The van der Waals surface area contributed by atoms with E-state index in [0.717, 1.165) is 12.2 Å². The maximum atomic E-state index is 12.5. The molecule has 1 aromatic heterocycles. The maximum absolute atomic E-state index is 12.5. The van der Waals surface area contributed by atoms with Gasteiger partial charge in [0.1, 0.15) is 10.6 Å². The number of carbonyl (C=O) groups excluding carboxylic acids is 2. The number of hydrogen-bond donors (Lipinski definition) is 1. The van der Waals surface area contributed by atoms with E-state index in [0.29, 0.717) is 22.5 Å². The van der Waals surface area contributed by atoms with Crippen LogP contribution in [-0.4, -0.2) is 35.4 Å². The zero-order valence-corrected chi connectivity index (χ0v) is 16.7. The van der Waals surface area contributed by atoms with E-state index in [-0.39, 0.29) is 23.8 Å². The molecule has 0 saturated heterocycles. The number of benzene rings is 1. The molecule has 0 aliphatic rings. The van der Waals surface area contributed by atoms with Crippen LogP contribution in [0.1, 0.15) is 30.1 Å². The first-order valence-electron chi connectivity index (χ1n) is 8.30. The van der Waals surface area contributed by atoms with Gasteiger partial charge in [0.2, 0.25) is 5.91 Å². The fourth-order valence-corrected chi connectivity index (χ4v) is 3.83. The Morgan fingerprint density at radius 1 is 1.37 bits per heavy atom. The van der Waals surface area contributed by atoms with Crippen molar-refractivity contribution in [3.8, 4) is 11.1 Å². The number of nitro groups is 1. The zero-order chi connectivity index (χ0) is 19.8. The fraction of sp³-hybridized carbons (Fsp3) is 0.333. The number of amides is 1. The Bertz CT molecular complexity index is 835. The molecule has 0 aliphatic heterocycles. The molecule has 0 atom stereocenters. The Morgan fingerprint density at radius 3 is 2.81 bits per heavy atom. The van der Waals surface area contributed by atoms with Crippen molar-refractivity contribution in [2.45, 2.75) is 19.8 Å². The molecule has 1 aromatic carbocycles. The van der Waals surface area contributed by atoms with Gasteiger partial charge in [-0.1, -0.05) is 12.1 Å². The number of carbonyl (C=O) groups is 2. The summed E-state index contributed by atoms with van der Waals surface area (Å²) in [5, 5.41) is 15.9. The van der Waals surface area contributed by atoms with Crippen LogP contribution in [0, 0.1) is 10.1 Å². The van der Waals surface area contributed by atoms with Crippen LogP contribution < -0.4 is 5.32 Å². The van der Waals surface area contributed by atoms with Gasteiger partial charge >= 0.3 is 5.97 Å². The Hall–Kier alpha value is -2.39. The molecule has 27 heavy (non-hydrogen) atoms. The minimum Gasteiger partial charge on any atom is -0.462 e. The van der Waals surface area contributed by atoms with E-state index in [2.05, 4.69) is 5.32 Å². The molecular formula is C18H20N2O5S2. The molecule has 0 radical (unpaired) electrons. The van der Waals surface area contributed by atoms with E-state index >= 15 is 0 Å². The summed E-state index contributed by atoms with van der Waals surface area (Å²) in [6.45, 7) is 1.88. The van der Waals surface area contributed by atoms with Crippen molar-refractivity contribution < 1.29 is 19.2 Å². The summed E-state index contributed by atoms with van der Waals surface area (Å²) in [4.78, 5) is 35.2. The zero-order valence-electron chi connectivity index (χ0n) is 15.0. The molecule has 0 spiro atoms. The van der Waals surface area contributed by atoms with Crippen LogP contribution in [0.3, 0.4) is 0 Å². The molecule has 0 unspecified atom stereocenters. The second kappa shape index (κ2) is 10.1. The molecular weight excluding hydrogens is 388 g/mol. The molecule has 2 rings (SSSR count). The van der Waals surface area contributed by atoms with E-state index in [1.165, 1.54) is 23.5 Å². The van der Waals surface area contributed by atoms with Gasteiger partial charge in [-0.25, -0.2) is 4.79 Å². The number of ether oxygens (including phenoxy) is 1. The van der Waals surface area contributed by atoms with Gasteiger partial charge in [-0.15, -0.1) is 11.3 Å². The molecule has 0 fully saturated rings. The molecule has 0 aliphatic carbocycles. The SMILES string of the molecule is CCOC(=O)c1c(-c2cccc([N+](=O)[O-])c2)csc1NC(=O)CCCSC. The predicted octanol–water partition coefficient (Wildman–Crippen LogP) is 4.58. The van der Waals surface area contributed by atoms with Gasteiger partial charge in [-0.05, 0) is 30.9 Å². The summed E-state index contributed by atoms with van der Waals surface area (Å²) in [7, 11) is 0. The van der Waals surface area contributed by atoms with E-state index in [1.54, 1.807) is 36.2 Å². The Kier molecular flexibility index (Phi) is 7.81. The van der Waals surface area contributed by atoms with E-state index in [1.807, 2.05) is 6.26 Å². The molecule has 0 bridgehead atoms. The van der Waals surface area contributed by atoms with Crippen LogP contribution >= 0.6 is 23.1 Å². The first-order valence-corrected chi connectivity index (χ1v) is 10.6. The molecule has 1 heterocycles. The third-order valence-electron chi connectivity index (χ3n) is 3.64. The van der Waals surface area contributed by atoms with Gasteiger partial charge in [0, 0.05) is 29.5 Å². The van der Waals surface area contributed by atoms with Crippen molar-refractivity contribution in [3.05, 3.63) is 45.3 Å². The molecule has 7 nitrogen and oxygen atoms in total. The van der Waals surface area contributed by atoms with Gasteiger partial charge in [-0.3, -0.25) is 14.9 Å². The second-order valence-corrected chi connectivity index (χ2v) is 7.39. The van der Waals surface area contributed by atoms with Crippen molar-refractivity contribution in [2.75, 3.05) is 23.9 Å². The highest BCUT2D eigenvalue weighted by molar-refractivity contribution is 7.98. The number of non-ortho nitro benzene ring substituents is 1. The van der Waals surface area contributed by atoms with Crippen LogP contribution in [0.4, 0.5) is 10.7 Å². The van der Waals surface area contributed by atoms with E-state index in [9.17, 15) is 19.7 Å². The van der Waals surface area contributed by atoms with Crippen molar-refractivity contribution in [1.29, 1.82) is 0 Å². The lowest BCUT2D eigenvalue weighted by molar-refractivity contribution is -0.384. The Morgan fingerprint density at radius 2 is 2.15 bits per heavy atom. The number of thiophene rings is 1. The highest BCUT2D eigenvalue weighted by atomic mass is 32.2. The van der Waals surface area contributed by atoms with Crippen molar-refractivity contribution >= 4 is 45.7 Å². The van der Waals surface area contributed by atoms with Gasteiger partial charge < -0.3 is 10.1 Å². The van der Waals surface area contributed by atoms with Crippen LogP contribution in [0.25, 0.3) is 11.1 Å². The minimum atomic E-state index is -0.570. The molecule has 0 saturated carbocycles. The first kappa shape index (κ1) is 20.9. The summed E-state index contributed by atoms with van der Waals surface area (Å²) in [6, 6.07) is 6.02. The quantitative estimate of drug-likeness (QED) is 0.282. The van der Waals surface area contributed by atoms with Crippen LogP contribution in [-0.2, 0) is 9.53 Å². The summed E-state index contributed by atoms with van der Waals surface area (Å²) < 4.78 is 5.13. The second-order valence-electron chi connectivity index (χ2n) is 5.53. The summed E-state index contributed by atoms with van der Waals surface area (Å²) in [5.41, 5.74) is 1.17. The number of thioether (sulfide) groups is 1. The Balaban J connectivity index is 2.36. The van der Waals surface area contributed by atoms with Gasteiger partial charge in [0.25, 0.3) is 5.69 Å². The van der Waals surface area contributed by atoms with E-state index in [4.69, 9.17) is 4.74 Å². The summed E-state index contributed by atoms with van der Waals surface area (Å²) in [6.07, 6.45) is 3.07. The summed E-state index contributed by atoms with van der Waals surface area (Å²) in [5.74, 6) is 0.128. The molecule has 1 amide bonds. The lowest BCUT2D eigenvalue weighted by Crippen LogP contribution is -2.14. The lowest BCUT2D eigenvalue weighted by Gasteiger charge is -2.09. The summed E-state index contributed by atoms with van der Waals surface area (Å²) >= 11 is 2.86. The maximum Gasteiger partial charge on any atom is 0.341 e. The van der Waals surface area contributed by atoms with Crippen molar-refractivity contribution in [3.63, 3.8) is 0 Å². The normalized spacial score (nSPS) is 10.4. The molecule has 9 heteroatoms. The third-order valence-corrected chi connectivity index (χ3v) is 5.24. The standard InChI is InChI=1S/C18H20N2O5S2/c1-3-25-18(22)16-14(12-6-4-7-13(10-12)20(23)24)11-27-17(16)19-15(21)8-5-9-26-2/h4,6-7,10-11H,3,5,8-9H2,1-2H3,(H,19,21). The number of rotatable bonds is 9. The molecule has 144 valence electrons. The number of anilines is 1. The minimum absolute atomic E-state index is 0.0730. The number of nitrogens with one attached hydrogen (secondary N) is 1. The predicted molar refractivity (Wildman–Crippen MR) is 109 cm³/mol. The highest BCUT2D eigenvalue weighted by Gasteiger charge is 2.23. The van der Waals surface area contributed by atoms with Crippen LogP contribution in [0.5, 0.6) is 0 Å². The topological polar surface area (TPSA) is 98.5 Å². The number of esters is 1. The van der Waals surface area contributed by atoms with E-state index < -0.39 is 10.9 Å². The third kappa shape index (κ3) is 5.54. The fourth-order valence-electron chi connectivity index (χ4n) is 2.42. The number of nitro benzene ring substituents is 1. The lowest BCUT2D eigenvalue weighted by atomic mass is 10.0. The van der Waals surface area contributed by atoms with Crippen molar-refractivity contribution in [1.82, 2.24) is 0 Å². The number of nitrogens with zero attached hydrogens (tertiary/aromatic N) is 1. The van der Waals surface area contributed by atoms with Gasteiger partial charge in [0.05, 0.1) is 11.5 Å². The number of hydrogen-bond acceptors (Lipinski definition) is 7. The smallest absolute Gasteiger partial charge is 0.341 e. The average Bonchev–Trinajstić information content (AvgIpc) is 3.05. The monoisotopic (exact) mass is 408 g/mol. The highest BCUT2D eigenvalue weighted by Crippen LogP contribution is 2.37. The Labute approximate surface area is 165 Å². The van der Waals surface area contributed by atoms with Crippen LogP contribution in [0.15, 0.2) is 29.6 Å². The van der Waals surface area contributed by atoms with Crippen LogP contribution in [0.2, 0.25) is 0 Å². The average molecular weight is 409 g/mol. The van der Waals surface area contributed by atoms with Crippen molar-refractivity contribution in [2.24, 2.45) is 0 Å². The van der Waals surface area contributed by atoms with Gasteiger partial charge in [0.15, 0.2) is 0 Å². The molecule has 1 N–H and O–H groups in total.